The molecule has 137 valence electrons. The van der Waals surface area contributed by atoms with Gasteiger partial charge >= 0.3 is 0 Å². The Morgan fingerprint density at radius 1 is 1.35 bits per heavy atom. The van der Waals surface area contributed by atoms with Crippen molar-refractivity contribution in [2.24, 2.45) is 11.7 Å². The van der Waals surface area contributed by atoms with E-state index in [0.29, 0.717) is 30.4 Å². The first-order valence-corrected chi connectivity index (χ1v) is 8.70. The SMILES string of the molecule is Cc1nc(CC2CCN(c3ccc(F)cc3CN)CC2)nc([C]=O)c1O. The lowest BCUT2D eigenvalue weighted by atomic mass is 9.92. The van der Waals surface area contributed by atoms with E-state index in [9.17, 15) is 14.3 Å². The molecule has 1 fully saturated rings. The third-order valence-electron chi connectivity index (χ3n) is 4.89. The Morgan fingerprint density at radius 3 is 2.73 bits per heavy atom. The zero-order valence-electron chi connectivity index (χ0n) is 14.7. The molecule has 0 amide bonds. The van der Waals surface area contributed by atoms with Gasteiger partial charge in [0, 0.05) is 31.7 Å². The summed E-state index contributed by atoms with van der Waals surface area (Å²) in [6.45, 7) is 3.63. The Hall–Kier alpha value is -2.54. The summed E-state index contributed by atoms with van der Waals surface area (Å²) in [5.74, 6) is 0.467. The highest BCUT2D eigenvalue weighted by atomic mass is 19.1. The number of aromatic nitrogens is 2. The fraction of sp³-hybridized carbons (Fsp3) is 0.421. The molecule has 0 spiro atoms. The van der Waals surface area contributed by atoms with E-state index < -0.39 is 0 Å². The van der Waals surface area contributed by atoms with Gasteiger partial charge in [0.1, 0.15) is 11.6 Å². The lowest BCUT2D eigenvalue weighted by Crippen LogP contribution is -2.35. The van der Waals surface area contributed by atoms with Crippen LogP contribution >= 0.6 is 0 Å². The number of piperidine rings is 1. The monoisotopic (exact) mass is 357 g/mol. The van der Waals surface area contributed by atoms with E-state index in [0.717, 1.165) is 37.2 Å². The molecule has 26 heavy (non-hydrogen) atoms. The first kappa shape index (κ1) is 18.3. The van der Waals surface area contributed by atoms with Crippen LogP contribution in [0.4, 0.5) is 10.1 Å². The van der Waals surface area contributed by atoms with Crippen LogP contribution in [0.1, 0.15) is 35.6 Å². The molecule has 0 unspecified atom stereocenters. The van der Waals surface area contributed by atoms with E-state index in [-0.39, 0.29) is 17.3 Å². The fourth-order valence-electron chi connectivity index (χ4n) is 3.45. The predicted molar refractivity (Wildman–Crippen MR) is 96.2 cm³/mol. The molecule has 0 atom stereocenters. The minimum atomic E-state index is -0.272. The van der Waals surface area contributed by atoms with Crippen LogP contribution in [0, 0.1) is 18.7 Å². The normalized spacial score (nSPS) is 15.3. The molecule has 1 aliphatic heterocycles. The highest BCUT2D eigenvalue weighted by molar-refractivity contribution is 5.76. The number of hydrogen-bond acceptors (Lipinski definition) is 6. The largest absolute Gasteiger partial charge is 0.504 e. The van der Waals surface area contributed by atoms with Gasteiger partial charge in [0.2, 0.25) is 0 Å². The number of hydrogen-bond donors (Lipinski definition) is 2. The standard InChI is InChI=1S/C19H22FN4O2/c1-12-19(26)16(11-25)23-18(22-12)8-13-4-6-24(7-5-13)17-3-2-15(20)9-14(17)10-21/h2-3,9,13,26H,4-8,10,21H2,1H3. The first-order chi connectivity index (χ1) is 12.5. The molecule has 3 N–H and O–H groups in total. The molecule has 1 aromatic carbocycles. The van der Waals surface area contributed by atoms with Gasteiger partial charge in [-0.25, -0.2) is 14.4 Å². The molecule has 0 bridgehead atoms. The highest BCUT2D eigenvalue weighted by Crippen LogP contribution is 2.28. The summed E-state index contributed by atoms with van der Waals surface area (Å²) in [6.07, 6.45) is 4.18. The zero-order chi connectivity index (χ0) is 18.7. The maximum atomic E-state index is 13.4. The summed E-state index contributed by atoms with van der Waals surface area (Å²) in [5.41, 5.74) is 7.86. The van der Waals surface area contributed by atoms with Crippen molar-refractivity contribution in [2.75, 3.05) is 18.0 Å². The van der Waals surface area contributed by atoms with Gasteiger partial charge in [0.15, 0.2) is 11.4 Å². The average Bonchev–Trinajstić information content (AvgIpc) is 2.65. The van der Waals surface area contributed by atoms with E-state index in [1.54, 1.807) is 19.3 Å². The van der Waals surface area contributed by atoms with Gasteiger partial charge in [-0.1, -0.05) is 0 Å². The second-order valence-electron chi connectivity index (χ2n) is 6.64. The summed E-state index contributed by atoms with van der Waals surface area (Å²) in [7, 11) is 0. The number of nitrogens with two attached hydrogens (primary N) is 1. The van der Waals surface area contributed by atoms with Crippen LogP contribution < -0.4 is 10.6 Å². The zero-order valence-corrected chi connectivity index (χ0v) is 14.7. The van der Waals surface area contributed by atoms with Crippen molar-refractivity contribution in [1.29, 1.82) is 0 Å². The summed E-state index contributed by atoms with van der Waals surface area (Å²) in [5, 5.41) is 9.73. The van der Waals surface area contributed by atoms with E-state index in [2.05, 4.69) is 14.9 Å². The Bertz CT molecular complexity index is 804. The smallest absolute Gasteiger partial charge is 0.257 e. The molecule has 1 radical (unpaired) electrons. The highest BCUT2D eigenvalue weighted by Gasteiger charge is 2.23. The number of halogens is 1. The molecule has 0 aliphatic carbocycles. The summed E-state index contributed by atoms with van der Waals surface area (Å²) < 4.78 is 13.4. The second kappa shape index (κ2) is 7.78. The van der Waals surface area contributed by atoms with Crippen molar-refractivity contribution in [3.63, 3.8) is 0 Å². The molecule has 0 saturated carbocycles. The summed E-state index contributed by atoms with van der Waals surface area (Å²) >= 11 is 0. The van der Waals surface area contributed by atoms with Crippen LogP contribution in [0.2, 0.25) is 0 Å². The van der Waals surface area contributed by atoms with E-state index in [4.69, 9.17) is 5.73 Å². The number of carbonyl (C=O) groups excluding carboxylic acids is 1. The van der Waals surface area contributed by atoms with Crippen molar-refractivity contribution in [2.45, 2.75) is 32.7 Å². The molecule has 2 aromatic rings. The lowest BCUT2D eigenvalue weighted by Gasteiger charge is -2.34. The lowest BCUT2D eigenvalue weighted by molar-refractivity contribution is 0.394. The van der Waals surface area contributed by atoms with Crippen molar-refractivity contribution in [3.05, 3.63) is 46.8 Å². The van der Waals surface area contributed by atoms with Crippen LogP contribution in [0.5, 0.6) is 5.75 Å². The van der Waals surface area contributed by atoms with E-state index >= 15 is 0 Å². The van der Waals surface area contributed by atoms with Crippen LogP contribution in [0.3, 0.4) is 0 Å². The number of benzene rings is 1. The first-order valence-electron chi connectivity index (χ1n) is 8.70. The Kier molecular flexibility index (Phi) is 5.46. The van der Waals surface area contributed by atoms with Gasteiger partial charge in [-0.2, -0.15) is 0 Å². The van der Waals surface area contributed by atoms with Crippen LogP contribution in [0.15, 0.2) is 18.2 Å². The third-order valence-corrected chi connectivity index (χ3v) is 4.89. The van der Waals surface area contributed by atoms with E-state index in [1.165, 1.54) is 12.1 Å². The molecule has 1 saturated heterocycles. The fourth-order valence-corrected chi connectivity index (χ4v) is 3.45. The van der Waals surface area contributed by atoms with Crippen molar-refractivity contribution < 1.29 is 14.3 Å². The maximum Gasteiger partial charge on any atom is 0.257 e. The maximum absolute atomic E-state index is 13.4. The molecule has 1 aromatic heterocycles. The molecule has 2 heterocycles. The minimum absolute atomic E-state index is 0.0798. The average molecular weight is 357 g/mol. The van der Waals surface area contributed by atoms with Gasteiger partial charge in [0.05, 0.1) is 5.69 Å². The molecular weight excluding hydrogens is 335 g/mol. The molecule has 7 heteroatoms. The van der Waals surface area contributed by atoms with Crippen molar-refractivity contribution in [1.82, 2.24) is 9.97 Å². The van der Waals surface area contributed by atoms with Crippen molar-refractivity contribution in [3.8, 4) is 5.75 Å². The van der Waals surface area contributed by atoms with E-state index in [1.807, 2.05) is 0 Å². The molecule has 6 nitrogen and oxygen atoms in total. The predicted octanol–water partition coefficient (Wildman–Crippen LogP) is 2.01. The molecule has 3 rings (SSSR count). The molecular formula is C19H22FN4O2. The third kappa shape index (κ3) is 3.83. The van der Waals surface area contributed by atoms with Crippen LogP contribution in [-0.2, 0) is 17.8 Å². The number of anilines is 1. The van der Waals surface area contributed by atoms with Gasteiger partial charge < -0.3 is 15.7 Å². The quantitative estimate of drug-likeness (QED) is 0.850. The van der Waals surface area contributed by atoms with Gasteiger partial charge in [0.25, 0.3) is 6.29 Å². The Balaban J connectivity index is 1.66. The summed E-state index contributed by atoms with van der Waals surface area (Å²) in [6, 6.07) is 4.74. The topological polar surface area (TPSA) is 92.3 Å². The number of nitrogens with zero attached hydrogens (tertiary/aromatic N) is 3. The Morgan fingerprint density at radius 2 is 2.08 bits per heavy atom. The van der Waals surface area contributed by atoms with Gasteiger partial charge in [-0.3, -0.25) is 4.79 Å². The second-order valence-corrected chi connectivity index (χ2v) is 6.64. The number of rotatable bonds is 5. The number of aryl methyl sites for hydroxylation is 1. The van der Waals surface area contributed by atoms with Crippen molar-refractivity contribution >= 4 is 12.0 Å². The number of aromatic hydroxyl groups is 1. The molecule has 1 aliphatic rings. The Labute approximate surface area is 151 Å². The van der Waals surface area contributed by atoms with Crippen LogP contribution in [-0.4, -0.2) is 34.5 Å². The summed E-state index contributed by atoms with van der Waals surface area (Å²) in [4.78, 5) is 21.5. The van der Waals surface area contributed by atoms with Gasteiger partial charge in [-0.05, 0) is 49.4 Å². The van der Waals surface area contributed by atoms with Gasteiger partial charge in [-0.15, -0.1) is 0 Å². The van der Waals surface area contributed by atoms with Crippen LogP contribution in [0.25, 0.3) is 0 Å². The minimum Gasteiger partial charge on any atom is -0.504 e.